The van der Waals surface area contributed by atoms with E-state index in [4.69, 9.17) is 5.26 Å². The molecule has 0 saturated heterocycles. The molecule has 1 rings (SSSR count). The van der Waals surface area contributed by atoms with Crippen molar-refractivity contribution in [3.05, 3.63) is 18.5 Å². The Bertz CT molecular complexity index is 299. The van der Waals surface area contributed by atoms with Crippen LogP contribution in [0.1, 0.15) is 32.7 Å². The molecule has 0 aliphatic carbocycles. The largest absolute Gasteiger partial charge is 0.312 e. The van der Waals surface area contributed by atoms with Crippen molar-refractivity contribution in [1.82, 2.24) is 15.1 Å². The molecule has 0 bridgehead atoms. The monoisotopic (exact) mass is 206 g/mol. The molecule has 0 radical (unpaired) electrons. The summed E-state index contributed by atoms with van der Waals surface area (Å²) in [7, 11) is 0. The van der Waals surface area contributed by atoms with Crippen LogP contribution in [0.3, 0.4) is 0 Å². The maximum Gasteiger partial charge on any atom is 0.0641 e. The average molecular weight is 206 g/mol. The van der Waals surface area contributed by atoms with Crippen molar-refractivity contribution in [1.29, 1.82) is 5.26 Å². The number of nitrogens with zero attached hydrogens (tertiary/aromatic N) is 3. The molecule has 1 N–H and O–H groups in total. The fourth-order valence-electron chi connectivity index (χ4n) is 1.42. The Hall–Kier alpha value is -1.34. The lowest BCUT2D eigenvalue weighted by Gasteiger charge is -2.21. The molecular weight excluding hydrogens is 188 g/mol. The molecule has 0 amide bonds. The molecule has 1 aromatic heterocycles. The number of unbranched alkanes of at least 4 members (excludes halogenated alkanes) is 1. The number of nitrogens with one attached hydrogen (secondary N) is 1. The quantitative estimate of drug-likeness (QED) is 0.721. The van der Waals surface area contributed by atoms with Gasteiger partial charge in [0.25, 0.3) is 0 Å². The Labute approximate surface area is 90.9 Å². The highest BCUT2D eigenvalue weighted by atomic mass is 15.3. The Morgan fingerprint density at radius 3 is 2.93 bits per heavy atom. The van der Waals surface area contributed by atoms with Crippen LogP contribution >= 0.6 is 0 Å². The smallest absolute Gasteiger partial charge is 0.0641 e. The van der Waals surface area contributed by atoms with Crippen molar-refractivity contribution < 1.29 is 0 Å². The van der Waals surface area contributed by atoms with Crippen LogP contribution in [0.15, 0.2) is 18.5 Å². The zero-order valence-corrected chi connectivity index (χ0v) is 9.35. The summed E-state index contributed by atoms with van der Waals surface area (Å²) in [6.45, 7) is 5.16. The third-order valence-electron chi connectivity index (χ3n) is 2.60. The average Bonchev–Trinajstić information content (AvgIpc) is 2.76. The van der Waals surface area contributed by atoms with Crippen LogP contribution < -0.4 is 5.32 Å². The predicted octanol–water partition coefficient (Wildman–Crippen LogP) is 1.73. The Morgan fingerprint density at radius 2 is 2.33 bits per heavy atom. The van der Waals surface area contributed by atoms with Gasteiger partial charge in [-0.1, -0.05) is 0 Å². The summed E-state index contributed by atoms with van der Waals surface area (Å²) in [6.07, 6.45) is 5.29. The molecule has 4 heteroatoms. The highest BCUT2D eigenvalue weighted by molar-refractivity contribution is 4.83. The molecule has 0 aliphatic rings. The second-order valence-electron chi connectivity index (χ2n) is 3.73. The molecule has 0 aromatic carbocycles. The number of rotatable bonds is 6. The van der Waals surface area contributed by atoms with Crippen LogP contribution in [0, 0.1) is 11.3 Å². The van der Waals surface area contributed by atoms with Gasteiger partial charge in [0.05, 0.1) is 12.1 Å². The zero-order chi connectivity index (χ0) is 11.1. The first-order chi connectivity index (χ1) is 7.25. The second-order valence-corrected chi connectivity index (χ2v) is 3.73. The second kappa shape index (κ2) is 6.20. The molecule has 2 atom stereocenters. The van der Waals surface area contributed by atoms with Crippen LogP contribution in [-0.4, -0.2) is 22.4 Å². The standard InChI is InChI=1S/C11H18N4/c1-10(13-7-4-3-6-12)11(2)15-9-5-8-14-15/h5,8-11,13H,3-4,7H2,1-2H3/t10-,11-/m0/s1. The lowest BCUT2D eigenvalue weighted by Crippen LogP contribution is -2.34. The zero-order valence-electron chi connectivity index (χ0n) is 9.35. The lowest BCUT2D eigenvalue weighted by atomic mass is 10.1. The van der Waals surface area contributed by atoms with Gasteiger partial charge in [0, 0.05) is 24.9 Å². The van der Waals surface area contributed by atoms with Gasteiger partial charge in [-0.15, -0.1) is 0 Å². The number of hydrogen-bond acceptors (Lipinski definition) is 3. The molecular formula is C11H18N4. The topological polar surface area (TPSA) is 53.6 Å². The van der Waals surface area contributed by atoms with Crippen LogP contribution in [-0.2, 0) is 0 Å². The predicted molar refractivity (Wildman–Crippen MR) is 59.2 cm³/mol. The summed E-state index contributed by atoms with van der Waals surface area (Å²) < 4.78 is 1.95. The number of nitriles is 1. The van der Waals surface area contributed by atoms with Crippen molar-refractivity contribution in [2.24, 2.45) is 0 Å². The molecule has 1 aromatic rings. The van der Waals surface area contributed by atoms with E-state index in [1.165, 1.54) is 0 Å². The first-order valence-electron chi connectivity index (χ1n) is 5.35. The SMILES string of the molecule is C[C@H](NCCCC#N)[C@H](C)n1cccn1. The first kappa shape index (κ1) is 11.7. The van der Waals surface area contributed by atoms with Gasteiger partial charge in [-0.2, -0.15) is 10.4 Å². The Morgan fingerprint density at radius 1 is 1.53 bits per heavy atom. The van der Waals surface area contributed by atoms with E-state index in [1.807, 2.05) is 16.9 Å². The maximum atomic E-state index is 8.40. The van der Waals surface area contributed by atoms with Crippen LogP contribution in [0.25, 0.3) is 0 Å². The molecule has 1 heterocycles. The summed E-state index contributed by atoms with van der Waals surface area (Å²) >= 11 is 0. The van der Waals surface area contributed by atoms with Crippen molar-refractivity contribution in [2.75, 3.05) is 6.54 Å². The summed E-state index contributed by atoms with van der Waals surface area (Å²) in [5, 5.41) is 16.0. The summed E-state index contributed by atoms with van der Waals surface area (Å²) in [4.78, 5) is 0. The third-order valence-corrected chi connectivity index (χ3v) is 2.60. The van der Waals surface area contributed by atoms with E-state index in [0.29, 0.717) is 18.5 Å². The summed E-state index contributed by atoms with van der Waals surface area (Å²) in [5.74, 6) is 0. The minimum absolute atomic E-state index is 0.335. The molecule has 0 saturated carbocycles. The fourth-order valence-corrected chi connectivity index (χ4v) is 1.42. The summed E-state index contributed by atoms with van der Waals surface area (Å²) in [6, 6.07) is 4.77. The molecule has 0 unspecified atom stereocenters. The van der Waals surface area contributed by atoms with E-state index in [-0.39, 0.29) is 0 Å². The van der Waals surface area contributed by atoms with Crippen molar-refractivity contribution in [2.45, 2.75) is 38.8 Å². The fraction of sp³-hybridized carbons (Fsp3) is 0.636. The minimum atomic E-state index is 0.335. The molecule has 0 aliphatic heterocycles. The van der Waals surface area contributed by atoms with Crippen molar-refractivity contribution in [3.63, 3.8) is 0 Å². The molecule has 4 nitrogen and oxygen atoms in total. The normalized spacial score (nSPS) is 14.5. The Balaban J connectivity index is 2.28. The maximum absolute atomic E-state index is 8.40. The van der Waals surface area contributed by atoms with E-state index < -0.39 is 0 Å². The van der Waals surface area contributed by atoms with Crippen LogP contribution in [0.5, 0.6) is 0 Å². The highest BCUT2D eigenvalue weighted by Gasteiger charge is 2.12. The van der Waals surface area contributed by atoms with E-state index in [0.717, 1.165) is 13.0 Å². The number of hydrogen-bond donors (Lipinski definition) is 1. The summed E-state index contributed by atoms with van der Waals surface area (Å²) in [5.41, 5.74) is 0. The third kappa shape index (κ3) is 3.72. The van der Waals surface area contributed by atoms with Crippen molar-refractivity contribution in [3.8, 4) is 6.07 Å². The lowest BCUT2D eigenvalue weighted by molar-refractivity contribution is 0.365. The van der Waals surface area contributed by atoms with Gasteiger partial charge in [-0.3, -0.25) is 4.68 Å². The Kier molecular flexibility index (Phi) is 4.85. The molecule has 0 fully saturated rings. The van der Waals surface area contributed by atoms with Gasteiger partial charge in [0.1, 0.15) is 0 Å². The van der Waals surface area contributed by atoms with Crippen molar-refractivity contribution >= 4 is 0 Å². The highest BCUT2D eigenvalue weighted by Crippen LogP contribution is 2.08. The van der Waals surface area contributed by atoms with Gasteiger partial charge in [0.15, 0.2) is 0 Å². The van der Waals surface area contributed by atoms with Gasteiger partial charge in [-0.05, 0) is 32.9 Å². The van der Waals surface area contributed by atoms with E-state index in [9.17, 15) is 0 Å². The minimum Gasteiger partial charge on any atom is -0.312 e. The van der Waals surface area contributed by atoms with Gasteiger partial charge in [-0.25, -0.2) is 0 Å². The van der Waals surface area contributed by atoms with Gasteiger partial charge >= 0.3 is 0 Å². The van der Waals surface area contributed by atoms with E-state index >= 15 is 0 Å². The molecule has 15 heavy (non-hydrogen) atoms. The number of aromatic nitrogens is 2. The molecule has 0 spiro atoms. The first-order valence-corrected chi connectivity index (χ1v) is 5.35. The van der Waals surface area contributed by atoms with Crippen LogP contribution in [0.2, 0.25) is 0 Å². The molecule has 82 valence electrons. The van der Waals surface area contributed by atoms with Gasteiger partial charge in [0.2, 0.25) is 0 Å². The van der Waals surface area contributed by atoms with Crippen LogP contribution in [0.4, 0.5) is 0 Å². The van der Waals surface area contributed by atoms with Gasteiger partial charge < -0.3 is 5.32 Å². The van der Waals surface area contributed by atoms with E-state index in [1.54, 1.807) is 6.20 Å². The van der Waals surface area contributed by atoms with E-state index in [2.05, 4.69) is 30.3 Å².